The van der Waals surface area contributed by atoms with Gasteiger partial charge in [0.1, 0.15) is 12.4 Å². The minimum atomic E-state index is 0.539. The lowest BCUT2D eigenvalue weighted by molar-refractivity contribution is 0.157. The molecular formula is C17H28N2O. The van der Waals surface area contributed by atoms with Gasteiger partial charge in [-0.05, 0) is 31.9 Å². The summed E-state index contributed by atoms with van der Waals surface area (Å²) in [6.45, 7) is 5.84. The van der Waals surface area contributed by atoms with E-state index < -0.39 is 0 Å². The van der Waals surface area contributed by atoms with Gasteiger partial charge in [0.25, 0.3) is 0 Å². The van der Waals surface area contributed by atoms with E-state index in [0.717, 1.165) is 30.5 Å². The first-order valence-corrected chi connectivity index (χ1v) is 8.00. The van der Waals surface area contributed by atoms with Crippen molar-refractivity contribution in [3.63, 3.8) is 0 Å². The summed E-state index contributed by atoms with van der Waals surface area (Å²) < 4.78 is 5.94. The Balaban J connectivity index is 1.84. The molecule has 1 aromatic rings. The van der Waals surface area contributed by atoms with Crippen LogP contribution in [0.1, 0.15) is 44.6 Å². The molecule has 1 aliphatic rings. The van der Waals surface area contributed by atoms with E-state index in [4.69, 9.17) is 10.5 Å². The van der Waals surface area contributed by atoms with Crippen molar-refractivity contribution in [1.29, 1.82) is 0 Å². The number of nitrogens with two attached hydrogens (primary N) is 1. The predicted molar refractivity (Wildman–Crippen MR) is 83.9 cm³/mol. The second-order valence-corrected chi connectivity index (χ2v) is 5.61. The minimum Gasteiger partial charge on any atom is -0.492 e. The first-order chi connectivity index (χ1) is 9.85. The Hall–Kier alpha value is -1.06. The highest BCUT2D eigenvalue weighted by Crippen LogP contribution is 2.20. The third-order valence-corrected chi connectivity index (χ3v) is 4.30. The number of ether oxygens (including phenoxy) is 1. The molecule has 0 aromatic heterocycles. The highest BCUT2D eigenvalue weighted by Gasteiger charge is 2.18. The Labute approximate surface area is 123 Å². The number of nitrogens with zero attached hydrogens (tertiary/aromatic N) is 1. The molecular weight excluding hydrogens is 248 g/mol. The number of benzene rings is 1. The average Bonchev–Trinajstić information content (AvgIpc) is 2.72. The summed E-state index contributed by atoms with van der Waals surface area (Å²) in [5.74, 6) is 0.942. The van der Waals surface area contributed by atoms with Gasteiger partial charge in [-0.15, -0.1) is 0 Å². The van der Waals surface area contributed by atoms with Crippen LogP contribution in [0.15, 0.2) is 24.3 Å². The lowest BCUT2D eigenvalue weighted by Crippen LogP contribution is -2.37. The zero-order valence-electron chi connectivity index (χ0n) is 12.7. The van der Waals surface area contributed by atoms with E-state index in [1.807, 2.05) is 24.3 Å². The van der Waals surface area contributed by atoms with Gasteiger partial charge in [-0.3, -0.25) is 4.90 Å². The van der Waals surface area contributed by atoms with Crippen LogP contribution >= 0.6 is 0 Å². The lowest BCUT2D eigenvalue weighted by Gasteiger charge is -2.29. The van der Waals surface area contributed by atoms with Gasteiger partial charge in [-0.1, -0.05) is 38.0 Å². The van der Waals surface area contributed by atoms with Crippen molar-refractivity contribution < 1.29 is 4.74 Å². The second kappa shape index (κ2) is 8.28. The van der Waals surface area contributed by atoms with Crippen LogP contribution in [0.5, 0.6) is 5.75 Å². The maximum absolute atomic E-state index is 5.94. The largest absolute Gasteiger partial charge is 0.492 e. The van der Waals surface area contributed by atoms with Crippen LogP contribution in [0.25, 0.3) is 0 Å². The molecule has 20 heavy (non-hydrogen) atoms. The number of hydrogen-bond acceptors (Lipinski definition) is 3. The fourth-order valence-electron chi connectivity index (χ4n) is 3.08. The smallest absolute Gasteiger partial charge is 0.123 e. The third-order valence-electron chi connectivity index (χ3n) is 4.30. The van der Waals surface area contributed by atoms with Crippen molar-refractivity contribution in [1.82, 2.24) is 4.90 Å². The van der Waals surface area contributed by atoms with Crippen molar-refractivity contribution in [3.05, 3.63) is 29.8 Å². The summed E-state index contributed by atoms with van der Waals surface area (Å²) in [6.07, 6.45) is 6.68. The Morgan fingerprint density at radius 3 is 2.90 bits per heavy atom. The molecule has 0 radical (unpaired) electrons. The summed E-state index contributed by atoms with van der Waals surface area (Å²) in [5, 5.41) is 0. The van der Waals surface area contributed by atoms with Gasteiger partial charge in [0.15, 0.2) is 0 Å². The highest BCUT2D eigenvalue weighted by atomic mass is 16.5. The van der Waals surface area contributed by atoms with E-state index in [-0.39, 0.29) is 0 Å². The van der Waals surface area contributed by atoms with Gasteiger partial charge in [0.2, 0.25) is 0 Å². The van der Waals surface area contributed by atoms with Crippen LogP contribution in [-0.2, 0) is 6.54 Å². The standard InChI is InChI=1S/C17H28N2O/c1-2-16-9-4-3-7-11-19(16)12-13-20-17-10-6-5-8-15(17)14-18/h5-6,8,10,16H,2-4,7,9,11-14,18H2,1H3. The Morgan fingerprint density at radius 2 is 2.10 bits per heavy atom. The quantitative estimate of drug-likeness (QED) is 0.867. The zero-order valence-corrected chi connectivity index (χ0v) is 12.7. The first kappa shape index (κ1) is 15.3. The first-order valence-electron chi connectivity index (χ1n) is 8.00. The second-order valence-electron chi connectivity index (χ2n) is 5.61. The van der Waals surface area contributed by atoms with Crippen molar-refractivity contribution >= 4 is 0 Å². The summed E-state index contributed by atoms with van der Waals surface area (Å²) >= 11 is 0. The molecule has 3 heteroatoms. The summed E-state index contributed by atoms with van der Waals surface area (Å²) in [7, 11) is 0. The monoisotopic (exact) mass is 276 g/mol. The molecule has 112 valence electrons. The average molecular weight is 276 g/mol. The third kappa shape index (κ3) is 4.22. The maximum Gasteiger partial charge on any atom is 0.123 e. The maximum atomic E-state index is 5.94. The summed E-state index contributed by atoms with van der Waals surface area (Å²) in [6, 6.07) is 8.82. The summed E-state index contributed by atoms with van der Waals surface area (Å²) in [4.78, 5) is 2.61. The molecule has 0 saturated carbocycles. The molecule has 1 heterocycles. The molecule has 1 unspecified atom stereocenters. The van der Waals surface area contributed by atoms with Gasteiger partial charge in [-0.2, -0.15) is 0 Å². The van der Waals surface area contributed by atoms with Gasteiger partial charge in [-0.25, -0.2) is 0 Å². The van der Waals surface area contributed by atoms with Gasteiger partial charge in [0.05, 0.1) is 0 Å². The Morgan fingerprint density at radius 1 is 1.25 bits per heavy atom. The van der Waals surface area contributed by atoms with Gasteiger partial charge in [0, 0.05) is 24.7 Å². The van der Waals surface area contributed by atoms with Crippen LogP contribution in [0.3, 0.4) is 0 Å². The molecule has 1 fully saturated rings. The van der Waals surface area contributed by atoms with Crippen LogP contribution in [0, 0.1) is 0 Å². The van der Waals surface area contributed by atoms with Crippen molar-refractivity contribution in [3.8, 4) is 5.75 Å². The summed E-state index contributed by atoms with van der Waals surface area (Å²) in [5.41, 5.74) is 6.83. The van der Waals surface area contributed by atoms with Gasteiger partial charge < -0.3 is 10.5 Å². The fraction of sp³-hybridized carbons (Fsp3) is 0.647. The number of hydrogen-bond donors (Lipinski definition) is 1. The molecule has 1 aromatic carbocycles. The van der Waals surface area contributed by atoms with Crippen LogP contribution < -0.4 is 10.5 Å². The molecule has 0 aliphatic carbocycles. The number of para-hydroxylation sites is 1. The molecule has 2 N–H and O–H groups in total. The number of rotatable bonds is 6. The molecule has 3 nitrogen and oxygen atoms in total. The molecule has 1 saturated heterocycles. The van der Waals surface area contributed by atoms with E-state index in [2.05, 4.69) is 11.8 Å². The van der Waals surface area contributed by atoms with E-state index in [1.54, 1.807) is 0 Å². The molecule has 2 rings (SSSR count). The molecule has 1 atom stereocenters. The van der Waals surface area contributed by atoms with E-state index in [9.17, 15) is 0 Å². The minimum absolute atomic E-state index is 0.539. The van der Waals surface area contributed by atoms with Crippen molar-refractivity contribution in [2.24, 2.45) is 5.73 Å². The van der Waals surface area contributed by atoms with Crippen LogP contribution in [0.4, 0.5) is 0 Å². The topological polar surface area (TPSA) is 38.5 Å². The zero-order chi connectivity index (χ0) is 14.2. The predicted octanol–water partition coefficient (Wildman–Crippen LogP) is 3.18. The molecule has 0 spiro atoms. The van der Waals surface area contributed by atoms with E-state index in [1.165, 1.54) is 38.6 Å². The molecule has 0 bridgehead atoms. The number of likely N-dealkylation sites (tertiary alicyclic amines) is 1. The molecule has 0 amide bonds. The Bertz CT molecular complexity index is 394. The fourth-order valence-corrected chi connectivity index (χ4v) is 3.08. The van der Waals surface area contributed by atoms with E-state index in [0.29, 0.717) is 6.54 Å². The highest BCUT2D eigenvalue weighted by molar-refractivity contribution is 5.32. The van der Waals surface area contributed by atoms with Crippen molar-refractivity contribution in [2.75, 3.05) is 19.7 Å². The lowest BCUT2D eigenvalue weighted by atomic mass is 10.1. The van der Waals surface area contributed by atoms with Crippen molar-refractivity contribution in [2.45, 2.75) is 51.6 Å². The van der Waals surface area contributed by atoms with Crippen LogP contribution in [0.2, 0.25) is 0 Å². The Kier molecular flexibility index (Phi) is 6.34. The van der Waals surface area contributed by atoms with Crippen LogP contribution in [-0.4, -0.2) is 30.6 Å². The SMILES string of the molecule is CCC1CCCCCN1CCOc1ccccc1CN. The normalized spacial score (nSPS) is 20.6. The van der Waals surface area contributed by atoms with Gasteiger partial charge >= 0.3 is 0 Å². The molecule has 1 aliphatic heterocycles. The van der Waals surface area contributed by atoms with E-state index >= 15 is 0 Å².